The number of hydrogen-bond acceptors (Lipinski definition) is 3. The molecule has 0 saturated carbocycles. The average Bonchev–Trinajstić information content (AvgIpc) is 2.42. The number of rotatable bonds is 2. The normalized spacial score (nSPS) is 36.5. The van der Waals surface area contributed by atoms with E-state index in [2.05, 4.69) is 9.80 Å². The van der Waals surface area contributed by atoms with Crippen LogP contribution in [-0.2, 0) is 0 Å². The first-order valence-corrected chi connectivity index (χ1v) is 8.05. The zero-order valence-electron chi connectivity index (χ0n) is 11.7. The molecule has 2 atom stereocenters. The lowest BCUT2D eigenvalue weighted by molar-refractivity contribution is 0.0361. The molecular formula is C15H29N3. The van der Waals surface area contributed by atoms with Crippen molar-refractivity contribution in [3.05, 3.63) is 0 Å². The molecule has 0 aromatic heterocycles. The maximum absolute atomic E-state index is 6.00. The van der Waals surface area contributed by atoms with Crippen LogP contribution in [0.5, 0.6) is 0 Å². The van der Waals surface area contributed by atoms with Gasteiger partial charge in [0, 0.05) is 18.6 Å². The van der Waals surface area contributed by atoms with Crippen LogP contribution in [0.3, 0.4) is 0 Å². The Hall–Kier alpha value is -0.120. The van der Waals surface area contributed by atoms with Crippen LogP contribution < -0.4 is 5.73 Å². The molecule has 3 nitrogen and oxygen atoms in total. The SMILES string of the molecule is NC1CCN(C[C@@H]2CCCN3CCCCC23)CC1. The van der Waals surface area contributed by atoms with E-state index in [0.29, 0.717) is 6.04 Å². The van der Waals surface area contributed by atoms with E-state index in [1.807, 2.05) is 0 Å². The Balaban J connectivity index is 1.54. The van der Waals surface area contributed by atoms with Gasteiger partial charge in [0.2, 0.25) is 0 Å². The Morgan fingerprint density at radius 2 is 1.61 bits per heavy atom. The van der Waals surface area contributed by atoms with Gasteiger partial charge in [-0.05, 0) is 70.6 Å². The van der Waals surface area contributed by atoms with Crippen molar-refractivity contribution >= 4 is 0 Å². The van der Waals surface area contributed by atoms with E-state index in [4.69, 9.17) is 5.73 Å². The zero-order valence-corrected chi connectivity index (χ0v) is 11.7. The summed E-state index contributed by atoms with van der Waals surface area (Å²) < 4.78 is 0. The first-order chi connectivity index (χ1) is 8.83. The van der Waals surface area contributed by atoms with Crippen molar-refractivity contribution in [2.75, 3.05) is 32.7 Å². The molecule has 0 aliphatic carbocycles. The van der Waals surface area contributed by atoms with Crippen molar-refractivity contribution in [1.82, 2.24) is 9.80 Å². The highest BCUT2D eigenvalue weighted by molar-refractivity contribution is 4.89. The smallest absolute Gasteiger partial charge is 0.0136 e. The van der Waals surface area contributed by atoms with Gasteiger partial charge in [-0.15, -0.1) is 0 Å². The van der Waals surface area contributed by atoms with Crippen LogP contribution in [0.1, 0.15) is 44.9 Å². The molecule has 18 heavy (non-hydrogen) atoms. The molecule has 3 aliphatic rings. The molecule has 3 fully saturated rings. The number of nitrogens with two attached hydrogens (primary N) is 1. The summed E-state index contributed by atoms with van der Waals surface area (Å²) in [6.45, 7) is 6.56. The van der Waals surface area contributed by atoms with E-state index < -0.39 is 0 Å². The molecule has 3 aliphatic heterocycles. The molecule has 3 heterocycles. The van der Waals surface area contributed by atoms with Gasteiger partial charge in [-0.1, -0.05) is 6.42 Å². The molecule has 0 radical (unpaired) electrons. The zero-order chi connectivity index (χ0) is 12.4. The van der Waals surface area contributed by atoms with Crippen LogP contribution in [0.15, 0.2) is 0 Å². The van der Waals surface area contributed by atoms with E-state index in [9.17, 15) is 0 Å². The highest BCUT2D eigenvalue weighted by atomic mass is 15.2. The minimum atomic E-state index is 0.471. The largest absolute Gasteiger partial charge is 0.328 e. The third-order valence-corrected chi connectivity index (χ3v) is 5.35. The standard InChI is InChI=1S/C15H29N3/c16-14-6-10-17(11-7-14)12-13-4-3-9-18-8-2-1-5-15(13)18/h13-15H,1-12,16H2/t13-,15?/m0/s1. The number of fused-ring (bicyclic) bond motifs is 1. The lowest BCUT2D eigenvalue weighted by Gasteiger charge is -2.46. The summed E-state index contributed by atoms with van der Waals surface area (Å²) in [5, 5.41) is 0. The molecule has 2 N–H and O–H groups in total. The quantitative estimate of drug-likeness (QED) is 0.810. The molecule has 0 amide bonds. The topological polar surface area (TPSA) is 32.5 Å². The van der Waals surface area contributed by atoms with Crippen molar-refractivity contribution in [3.8, 4) is 0 Å². The number of nitrogens with zero attached hydrogens (tertiary/aromatic N) is 2. The summed E-state index contributed by atoms with van der Waals surface area (Å²) in [5.41, 5.74) is 6.00. The van der Waals surface area contributed by atoms with E-state index in [1.54, 1.807) is 0 Å². The molecule has 0 bridgehead atoms. The molecule has 0 spiro atoms. The number of likely N-dealkylation sites (tertiary alicyclic amines) is 1. The van der Waals surface area contributed by atoms with Gasteiger partial charge in [0.05, 0.1) is 0 Å². The highest BCUT2D eigenvalue weighted by Crippen LogP contribution is 2.31. The van der Waals surface area contributed by atoms with Gasteiger partial charge < -0.3 is 15.5 Å². The third-order valence-electron chi connectivity index (χ3n) is 5.35. The summed E-state index contributed by atoms with van der Waals surface area (Å²) in [6.07, 6.45) is 9.66. The predicted octanol–water partition coefficient (Wildman–Crippen LogP) is 1.67. The second-order valence-corrected chi connectivity index (χ2v) is 6.64. The average molecular weight is 251 g/mol. The summed E-state index contributed by atoms with van der Waals surface area (Å²) in [5.74, 6) is 0.938. The van der Waals surface area contributed by atoms with Crippen LogP contribution in [0.4, 0.5) is 0 Å². The first-order valence-electron chi connectivity index (χ1n) is 8.05. The Labute approximate surface area is 112 Å². The molecule has 3 rings (SSSR count). The van der Waals surface area contributed by atoms with Gasteiger partial charge in [0.25, 0.3) is 0 Å². The predicted molar refractivity (Wildman–Crippen MR) is 75.6 cm³/mol. The fourth-order valence-electron chi connectivity index (χ4n) is 4.26. The Morgan fingerprint density at radius 1 is 0.833 bits per heavy atom. The van der Waals surface area contributed by atoms with E-state index in [0.717, 1.165) is 12.0 Å². The fraction of sp³-hybridized carbons (Fsp3) is 1.00. The van der Waals surface area contributed by atoms with Crippen molar-refractivity contribution in [3.63, 3.8) is 0 Å². The van der Waals surface area contributed by atoms with E-state index in [1.165, 1.54) is 77.7 Å². The summed E-state index contributed by atoms with van der Waals surface area (Å²) >= 11 is 0. The van der Waals surface area contributed by atoms with Crippen LogP contribution in [-0.4, -0.2) is 54.6 Å². The Morgan fingerprint density at radius 3 is 2.44 bits per heavy atom. The first kappa shape index (κ1) is 12.9. The third kappa shape index (κ3) is 2.89. The monoisotopic (exact) mass is 251 g/mol. The van der Waals surface area contributed by atoms with Crippen LogP contribution in [0, 0.1) is 5.92 Å². The van der Waals surface area contributed by atoms with Gasteiger partial charge in [0.15, 0.2) is 0 Å². The minimum absolute atomic E-state index is 0.471. The summed E-state index contributed by atoms with van der Waals surface area (Å²) in [7, 11) is 0. The van der Waals surface area contributed by atoms with Crippen molar-refractivity contribution in [2.45, 2.75) is 57.0 Å². The maximum Gasteiger partial charge on any atom is 0.0136 e. The van der Waals surface area contributed by atoms with Gasteiger partial charge in [-0.2, -0.15) is 0 Å². The second-order valence-electron chi connectivity index (χ2n) is 6.64. The molecule has 1 unspecified atom stereocenters. The van der Waals surface area contributed by atoms with Gasteiger partial charge >= 0.3 is 0 Å². The Bertz CT molecular complexity index is 258. The molecule has 0 aromatic carbocycles. The van der Waals surface area contributed by atoms with Crippen LogP contribution in [0.2, 0.25) is 0 Å². The Kier molecular flexibility index (Phi) is 4.22. The molecular weight excluding hydrogens is 222 g/mol. The minimum Gasteiger partial charge on any atom is -0.328 e. The molecule has 0 aromatic rings. The molecule has 3 heteroatoms. The van der Waals surface area contributed by atoms with Gasteiger partial charge in [0.1, 0.15) is 0 Å². The highest BCUT2D eigenvalue weighted by Gasteiger charge is 2.34. The number of hydrogen-bond donors (Lipinski definition) is 1. The van der Waals surface area contributed by atoms with Gasteiger partial charge in [-0.3, -0.25) is 0 Å². The fourth-order valence-corrected chi connectivity index (χ4v) is 4.26. The second kappa shape index (κ2) is 5.89. The van der Waals surface area contributed by atoms with Crippen molar-refractivity contribution < 1.29 is 0 Å². The van der Waals surface area contributed by atoms with Crippen LogP contribution >= 0.6 is 0 Å². The summed E-state index contributed by atoms with van der Waals surface area (Å²) in [4.78, 5) is 5.47. The number of piperidine rings is 3. The molecule has 3 saturated heterocycles. The lowest BCUT2D eigenvalue weighted by Crippen LogP contribution is -2.52. The lowest BCUT2D eigenvalue weighted by atomic mass is 9.83. The maximum atomic E-state index is 6.00. The van der Waals surface area contributed by atoms with Crippen LogP contribution in [0.25, 0.3) is 0 Å². The summed E-state index contributed by atoms with van der Waals surface area (Å²) in [6, 6.07) is 1.38. The molecule has 104 valence electrons. The van der Waals surface area contributed by atoms with E-state index in [-0.39, 0.29) is 0 Å². The van der Waals surface area contributed by atoms with Gasteiger partial charge in [-0.25, -0.2) is 0 Å². The van der Waals surface area contributed by atoms with E-state index >= 15 is 0 Å². The van der Waals surface area contributed by atoms with Crippen molar-refractivity contribution in [1.29, 1.82) is 0 Å². The van der Waals surface area contributed by atoms with Crippen molar-refractivity contribution in [2.24, 2.45) is 11.7 Å².